The van der Waals surface area contributed by atoms with Gasteiger partial charge in [-0.2, -0.15) is 0 Å². The third-order valence-corrected chi connectivity index (χ3v) is 4.34. The molecule has 21 heavy (non-hydrogen) atoms. The van der Waals surface area contributed by atoms with Gasteiger partial charge in [-0.15, -0.1) is 0 Å². The van der Waals surface area contributed by atoms with E-state index in [9.17, 15) is 5.11 Å². The number of fused-ring (bicyclic) bond motifs is 1. The van der Waals surface area contributed by atoms with Crippen LogP contribution in [0.2, 0.25) is 0 Å². The summed E-state index contributed by atoms with van der Waals surface area (Å²) in [5.41, 5.74) is 4.22. The van der Waals surface area contributed by atoms with Crippen molar-refractivity contribution in [1.29, 1.82) is 0 Å². The molecule has 0 aliphatic heterocycles. The first kappa shape index (κ1) is 12.7. The number of benzene rings is 2. The molecule has 2 aromatic carbocycles. The zero-order chi connectivity index (χ0) is 14.4. The van der Waals surface area contributed by atoms with Gasteiger partial charge >= 0.3 is 0 Å². The van der Waals surface area contributed by atoms with Gasteiger partial charge in [0, 0.05) is 5.39 Å². The van der Waals surface area contributed by atoms with E-state index in [1.165, 1.54) is 18.4 Å². The Morgan fingerprint density at radius 3 is 2.67 bits per heavy atom. The minimum Gasteiger partial charge on any atom is -0.458 e. The van der Waals surface area contributed by atoms with E-state index in [4.69, 9.17) is 4.42 Å². The molecular weight excluding hydrogens is 260 g/mol. The molecule has 1 aromatic heterocycles. The summed E-state index contributed by atoms with van der Waals surface area (Å²) in [6, 6.07) is 16.2. The largest absolute Gasteiger partial charge is 0.458 e. The van der Waals surface area contributed by atoms with E-state index < -0.39 is 6.10 Å². The number of aliphatic hydroxyl groups is 1. The van der Waals surface area contributed by atoms with Crippen LogP contribution in [0.25, 0.3) is 11.0 Å². The van der Waals surface area contributed by atoms with Gasteiger partial charge in [-0.1, -0.05) is 42.5 Å². The molecule has 0 amide bonds. The lowest BCUT2D eigenvalue weighted by molar-refractivity contribution is 0.191. The Hall–Kier alpha value is -2.06. The zero-order valence-corrected chi connectivity index (χ0v) is 12.0. The fourth-order valence-corrected chi connectivity index (χ4v) is 3.04. The third kappa shape index (κ3) is 2.16. The maximum atomic E-state index is 10.7. The molecule has 0 bridgehead atoms. The molecule has 1 heterocycles. The summed E-state index contributed by atoms with van der Waals surface area (Å²) < 4.78 is 5.92. The molecule has 0 radical (unpaired) electrons. The Labute approximate surface area is 124 Å². The van der Waals surface area contributed by atoms with Crippen LogP contribution >= 0.6 is 0 Å². The highest BCUT2D eigenvalue weighted by Crippen LogP contribution is 2.44. The van der Waals surface area contributed by atoms with E-state index in [0.29, 0.717) is 11.7 Å². The number of para-hydroxylation sites is 1. The van der Waals surface area contributed by atoms with E-state index in [2.05, 4.69) is 6.07 Å². The average Bonchev–Trinajstić information content (AvgIpc) is 3.25. The van der Waals surface area contributed by atoms with Crippen molar-refractivity contribution in [3.63, 3.8) is 0 Å². The molecule has 1 saturated carbocycles. The van der Waals surface area contributed by atoms with E-state index in [1.54, 1.807) is 0 Å². The number of aliphatic hydroxyl groups excluding tert-OH is 1. The fourth-order valence-electron chi connectivity index (χ4n) is 3.04. The van der Waals surface area contributed by atoms with E-state index in [1.807, 2.05) is 49.4 Å². The Morgan fingerprint density at radius 1 is 1.10 bits per heavy atom. The zero-order valence-electron chi connectivity index (χ0n) is 12.0. The highest BCUT2D eigenvalue weighted by Gasteiger charge is 2.29. The lowest BCUT2D eigenvalue weighted by Crippen LogP contribution is -2.02. The molecule has 0 saturated heterocycles. The fraction of sp³-hybridized carbons (Fsp3) is 0.263. The molecule has 0 spiro atoms. The quantitative estimate of drug-likeness (QED) is 0.753. The van der Waals surface area contributed by atoms with E-state index in [0.717, 1.165) is 22.1 Å². The lowest BCUT2D eigenvalue weighted by atomic mass is 9.97. The number of hydrogen-bond donors (Lipinski definition) is 1. The van der Waals surface area contributed by atoms with Gasteiger partial charge in [-0.05, 0) is 48.4 Å². The Balaban J connectivity index is 1.79. The smallest absolute Gasteiger partial charge is 0.138 e. The molecular formula is C19H18O2. The van der Waals surface area contributed by atoms with Crippen molar-refractivity contribution in [2.75, 3.05) is 0 Å². The topological polar surface area (TPSA) is 33.4 Å². The van der Waals surface area contributed by atoms with Gasteiger partial charge in [-0.3, -0.25) is 0 Å². The SMILES string of the molecule is Cc1cccc2cc(C(O)c3ccccc3C3CC3)oc12. The van der Waals surface area contributed by atoms with Gasteiger partial charge in [0.1, 0.15) is 17.4 Å². The van der Waals surface area contributed by atoms with Crippen LogP contribution in [-0.2, 0) is 0 Å². The first-order valence-electron chi connectivity index (χ1n) is 7.50. The maximum absolute atomic E-state index is 10.7. The number of aryl methyl sites for hydroxylation is 1. The van der Waals surface area contributed by atoms with E-state index in [-0.39, 0.29) is 0 Å². The highest BCUT2D eigenvalue weighted by molar-refractivity contribution is 5.81. The van der Waals surface area contributed by atoms with Crippen molar-refractivity contribution in [3.8, 4) is 0 Å². The monoisotopic (exact) mass is 278 g/mol. The summed E-state index contributed by atoms with van der Waals surface area (Å²) in [6.45, 7) is 2.03. The van der Waals surface area contributed by atoms with E-state index >= 15 is 0 Å². The van der Waals surface area contributed by atoms with Crippen LogP contribution in [0.4, 0.5) is 0 Å². The van der Waals surface area contributed by atoms with Crippen LogP contribution in [-0.4, -0.2) is 5.11 Å². The normalized spacial score (nSPS) is 16.3. The highest BCUT2D eigenvalue weighted by atomic mass is 16.4. The summed E-state index contributed by atoms with van der Waals surface area (Å²) >= 11 is 0. The molecule has 1 fully saturated rings. The first-order chi connectivity index (χ1) is 10.2. The molecule has 1 unspecified atom stereocenters. The number of hydrogen-bond acceptors (Lipinski definition) is 2. The molecule has 106 valence electrons. The summed E-state index contributed by atoms with van der Waals surface area (Å²) in [6.07, 6.45) is 1.76. The van der Waals surface area contributed by atoms with Gasteiger partial charge < -0.3 is 9.52 Å². The minimum atomic E-state index is -0.686. The second kappa shape index (κ2) is 4.74. The van der Waals surface area contributed by atoms with Gasteiger partial charge in [-0.25, -0.2) is 0 Å². The number of furan rings is 1. The molecule has 1 aliphatic carbocycles. The van der Waals surface area contributed by atoms with Crippen LogP contribution in [0.1, 0.15) is 47.3 Å². The second-order valence-electron chi connectivity index (χ2n) is 5.95. The van der Waals surface area contributed by atoms with Crippen LogP contribution in [0, 0.1) is 6.92 Å². The van der Waals surface area contributed by atoms with Crippen molar-refractivity contribution in [3.05, 3.63) is 71.0 Å². The molecule has 3 aromatic rings. The second-order valence-corrected chi connectivity index (χ2v) is 5.95. The predicted molar refractivity (Wildman–Crippen MR) is 83.4 cm³/mol. The minimum absolute atomic E-state index is 0.613. The molecule has 2 heteroatoms. The van der Waals surface area contributed by atoms with Gasteiger partial charge in [0.15, 0.2) is 0 Å². The predicted octanol–water partition coefficient (Wildman–Crippen LogP) is 4.70. The molecule has 1 N–H and O–H groups in total. The molecule has 1 aliphatic rings. The summed E-state index contributed by atoms with van der Waals surface area (Å²) in [4.78, 5) is 0. The lowest BCUT2D eigenvalue weighted by Gasteiger charge is -2.13. The Kier molecular flexibility index (Phi) is 2.86. The van der Waals surface area contributed by atoms with Gasteiger partial charge in [0.05, 0.1) is 0 Å². The maximum Gasteiger partial charge on any atom is 0.138 e. The summed E-state index contributed by atoms with van der Waals surface area (Å²) in [7, 11) is 0. The molecule has 2 nitrogen and oxygen atoms in total. The van der Waals surface area contributed by atoms with Crippen LogP contribution in [0.5, 0.6) is 0 Å². The van der Waals surface area contributed by atoms with Crippen LogP contribution in [0.3, 0.4) is 0 Å². The Morgan fingerprint density at radius 2 is 1.90 bits per heavy atom. The van der Waals surface area contributed by atoms with Crippen LogP contribution in [0.15, 0.2) is 52.9 Å². The summed E-state index contributed by atoms with van der Waals surface area (Å²) in [5, 5.41) is 11.8. The first-order valence-corrected chi connectivity index (χ1v) is 7.50. The van der Waals surface area contributed by atoms with Crippen molar-refractivity contribution < 1.29 is 9.52 Å². The Bertz CT molecular complexity index is 796. The van der Waals surface area contributed by atoms with Crippen molar-refractivity contribution >= 4 is 11.0 Å². The summed E-state index contributed by atoms with van der Waals surface area (Å²) in [5.74, 6) is 1.24. The van der Waals surface area contributed by atoms with Gasteiger partial charge in [0.2, 0.25) is 0 Å². The standard InChI is InChI=1S/C19H18O2/c1-12-5-4-6-14-11-17(21-19(12)14)18(20)16-8-3-2-7-15(16)13-9-10-13/h2-8,11,13,18,20H,9-10H2,1H3. The van der Waals surface area contributed by atoms with Crippen molar-refractivity contribution in [2.45, 2.75) is 31.8 Å². The van der Waals surface area contributed by atoms with Crippen LogP contribution < -0.4 is 0 Å². The van der Waals surface area contributed by atoms with Crippen molar-refractivity contribution in [1.82, 2.24) is 0 Å². The number of rotatable bonds is 3. The average molecular weight is 278 g/mol. The molecule has 1 atom stereocenters. The van der Waals surface area contributed by atoms with Gasteiger partial charge in [0.25, 0.3) is 0 Å². The van der Waals surface area contributed by atoms with Crippen molar-refractivity contribution in [2.24, 2.45) is 0 Å². The third-order valence-electron chi connectivity index (χ3n) is 4.34. The molecule has 4 rings (SSSR count).